The van der Waals surface area contributed by atoms with Gasteiger partial charge in [0, 0.05) is 0 Å². The normalized spacial score (nSPS) is 29.8. The van der Waals surface area contributed by atoms with Gasteiger partial charge in [-0.1, -0.05) is 47.0 Å². The van der Waals surface area contributed by atoms with Crippen LogP contribution in [0.25, 0.3) is 0 Å². The third-order valence-electron chi connectivity index (χ3n) is 4.27. The molecule has 1 saturated carbocycles. The van der Waals surface area contributed by atoms with E-state index in [1.54, 1.807) is 0 Å². The molecule has 0 nitrogen and oxygen atoms in total. The molecule has 3 unspecified atom stereocenters. The molecule has 0 radical (unpaired) electrons. The molecule has 84 valence electrons. The molecule has 0 saturated heterocycles. The van der Waals surface area contributed by atoms with Crippen LogP contribution in [0.5, 0.6) is 0 Å². The maximum absolute atomic E-state index is 2.48. The Kier molecular flexibility index (Phi) is 4.98. The highest BCUT2D eigenvalue weighted by Gasteiger charge is 2.29. The van der Waals surface area contributed by atoms with Crippen molar-refractivity contribution in [3.05, 3.63) is 0 Å². The van der Waals surface area contributed by atoms with E-state index in [1.165, 1.54) is 38.5 Å². The van der Waals surface area contributed by atoms with Crippen LogP contribution >= 0.6 is 0 Å². The van der Waals surface area contributed by atoms with E-state index in [9.17, 15) is 0 Å². The van der Waals surface area contributed by atoms with Crippen molar-refractivity contribution in [1.29, 1.82) is 0 Å². The van der Waals surface area contributed by atoms with Crippen molar-refractivity contribution in [3.63, 3.8) is 0 Å². The van der Waals surface area contributed by atoms with Gasteiger partial charge in [0.25, 0.3) is 0 Å². The van der Waals surface area contributed by atoms with Crippen LogP contribution in [0.3, 0.4) is 0 Å². The minimum atomic E-state index is 0.915. The lowest BCUT2D eigenvalue weighted by Crippen LogP contribution is -2.10. The Morgan fingerprint density at radius 3 is 2.21 bits per heavy atom. The maximum atomic E-state index is 2.48. The lowest BCUT2D eigenvalue weighted by atomic mass is 9.86. The molecule has 0 heterocycles. The van der Waals surface area contributed by atoms with Gasteiger partial charge < -0.3 is 0 Å². The lowest BCUT2D eigenvalue weighted by Gasteiger charge is -2.20. The summed E-state index contributed by atoms with van der Waals surface area (Å²) in [6.45, 7) is 9.56. The highest BCUT2D eigenvalue weighted by molar-refractivity contribution is 4.80. The van der Waals surface area contributed by atoms with Crippen LogP contribution in [0.2, 0.25) is 0 Å². The first-order valence-electron chi connectivity index (χ1n) is 6.65. The van der Waals surface area contributed by atoms with Crippen molar-refractivity contribution in [3.8, 4) is 0 Å². The fourth-order valence-corrected chi connectivity index (χ4v) is 2.94. The third-order valence-corrected chi connectivity index (χ3v) is 4.27. The molecule has 3 atom stereocenters. The molecule has 0 aliphatic heterocycles. The zero-order valence-corrected chi connectivity index (χ0v) is 10.6. The smallest absolute Gasteiger partial charge is 0.0386 e. The SMILES string of the molecule is CCCCC(C)C1CCC(C(C)C)C1. The summed E-state index contributed by atoms with van der Waals surface area (Å²) < 4.78 is 0. The van der Waals surface area contributed by atoms with E-state index in [1.807, 2.05) is 0 Å². The third kappa shape index (κ3) is 3.29. The second kappa shape index (κ2) is 5.78. The molecule has 1 aliphatic rings. The summed E-state index contributed by atoms with van der Waals surface area (Å²) in [6.07, 6.45) is 8.79. The van der Waals surface area contributed by atoms with Gasteiger partial charge in [0.1, 0.15) is 0 Å². The molecule has 0 N–H and O–H groups in total. The first-order valence-corrected chi connectivity index (χ1v) is 6.65. The van der Waals surface area contributed by atoms with Crippen molar-refractivity contribution < 1.29 is 0 Å². The number of hydrogen-bond donors (Lipinski definition) is 0. The van der Waals surface area contributed by atoms with Crippen molar-refractivity contribution in [2.45, 2.75) is 66.2 Å². The van der Waals surface area contributed by atoms with Crippen LogP contribution in [0, 0.1) is 23.7 Å². The zero-order valence-electron chi connectivity index (χ0n) is 10.6. The molecule has 1 fully saturated rings. The van der Waals surface area contributed by atoms with Gasteiger partial charge in [-0.3, -0.25) is 0 Å². The molecule has 0 aromatic carbocycles. The summed E-state index contributed by atoms with van der Waals surface area (Å²) in [5.74, 6) is 3.98. The van der Waals surface area contributed by atoms with Crippen LogP contribution in [0.4, 0.5) is 0 Å². The number of unbranched alkanes of at least 4 members (excludes halogenated alkanes) is 1. The summed E-state index contributed by atoms with van der Waals surface area (Å²) in [7, 11) is 0. The van der Waals surface area contributed by atoms with E-state index in [0.717, 1.165) is 23.7 Å². The van der Waals surface area contributed by atoms with E-state index < -0.39 is 0 Å². The number of rotatable bonds is 5. The average molecular weight is 196 g/mol. The van der Waals surface area contributed by atoms with Crippen LogP contribution in [0.1, 0.15) is 66.2 Å². The highest BCUT2D eigenvalue weighted by atomic mass is 14.3. The Morgan fingerprint density at radius 1 is 1.07 bits per heavy atom. The highest BCUT2D eigenvalue weighted by Crippen LogP contribution is 2.40. The minimum absolute atomic E-state index is 0.915. The monoisotopic (exact) mass is 196 g/mol. The van der Waals surface area contributed by atoms with Crippen LogP contribution in [0.15, 0.2) is 0 Å². The summed E-state index contributed by atoms with van der Waals surface area (Å²) in [5, 5.41) is 0. The van der Waals surface area contributed by atoms with Crippen LogP contribution in [-0.4, -0.2) is 0 Å². The Morgan fingerprint density at radius 2 is 1.71 bits per heavy atom. The maximum Gasteiger partial charge on any atom is -0.0386 e. The Bertz CT molecular complexity index is 148. The van der Waals surface area contributed by atoms with Gasteiger partial charge in [-0.15, -0.1) is 0 Å². The molecule has 14 heavy (non-hydrogen) atoms. The first-order chi connectivity index (χ1) is 6.65. The zero-order chi connectivity index (χ0) is 10.6. The van der Waals surface area contributed by atoms with Gasteiger partial charge in [-0.05, 0) is 42.9 Å². The summed E-state index contributed by atoms with van der Waals surface area (Å²) >= 11 is 0. The van der Waals surface area contributed by atoms with E-state index in [0.29, 0.717) is 0 Å². The van der Waals surface area contributed by atoms with Gasteiger partial charge in [-0.25, -0.2) is 0 Å². The van der Waals surface area contributed by atoms with E-state index in [4.69, 9.17) is 0 Å². The lowest BCUT2D eigenvalue weighted by molar-refractivity contribution is 0.307. The fraction of sp³-hybridized carbons (Fsp3) is 1.00. The second-order valence-electron chi connectivity index (χ2n) is 5.70. The van der Waals surface area contributed by atoms with Gasteiger partial charge in [0.05, 0.1) is 0 Å². The van der Waals surface area contributed by atoms with Gasteiger partial charge in [0.2, 0.25) is 0 Å². The van der Waals surface area contributed by atoms with Gasteiger partial charge in [0.15, 0.2) is 0 Å². The molecule has 1 aliphatic carbocycles. The molecule has 0 aromatic heterocycles. The standard InChI is InChI=1S/C14H28/c1-5-6-7-12(4)14-9-8-13(10-14)11(2)3/h11-14H,5-10H2,1-4H3. The van der Waals surface area contributed by atoms with Crippen molar-refractivity contribution in [2.24, 2.45) is 23.7 Å². The van der Waals surface area contributed by atoms with Gasteiger partial charge in [-0.2, -0.15) is 0 Å². The summed E-state index contributed by atoms with van der Waals surface area (Å²) in [5.41, 5.74) is 0. The van der Waals surface area contributed by atoms with Gasteiger partial charge >= 0.3 is 0 Å². The van der Waals surface area contributed by atoms with E-state index in [-0.39, 0.29) is 0 Å². The Hall–Kier alpha value is 0. The van der Waals surface area contributed by atoms with Crippen LogP contribution in [-0.2, 0) is 0 Å². The van der Waals surface area contributed by atoms with Crippen molar-refractivity contribution in [1.82, 2.24) is 0 Å². The van der Waals surface area contributed by atoms with E-state index >= 15 is 0 Å². The summed E-state index contributed by atoms with van der Waals surface area (Å²) in [4.78, 5) is 0. The largest absolute Gasteiger partial charge is 0.0654 e. The second-order valence-corrected chi connectivity index (χ2v) is 5.70. The molecule has 0 spiro atoms. The Labute approximate surface area is 90.5 Å². The van der Waals surface area contributed by atoms with Crippen LogP contribution < -0.4 is 0 Å². The van der Waals surface area contributed by atoms with Crippen molar-refractivity contribution in [2.75, 3.05) is 0 Å². The molecule has 0 amide bonds. The fourth-order valence-electron chi connectivity index (χ4n) is 2.94. The quantitative estimate of drug-likeness (QED) is 0.587. The number of hydrogen-bond acceptors (Lipinski definition) is 0. The predicted octanol–water partition coefficient (Wildman–Crippen LogP) is 4.89. The molecule has 1 rings (SSSR count). The van der Waals surface area contributed by atoms with E-state index in [2.05, 4.69) is 27.7 Å². The molecule has 0 heteroatoms. The topological polar surface area (TPSA) is 0 Å². The molecular formula is C14H28. The predicted molar refractivity (Wildman–Crippen MR) is 64.4 cm³/mol. The first kappa shape index (κ1) is 12.1. The average Bonchev–Trinajstić information content (AvgIpc) is 2.62. The van der Waals surface area contributed by atoms with Crippen molar-refractivity contribution >= 4 is 0 Å². The molecule has 0 bridgehead atoms. The summed E-state index contributed by atoms with van der Waals surface area (Å²) in [6, 6.07) is 0. The Balaban J connectivity index is 2.26. The molecule has 0 aromatic rings. The molecular weight excluding hydrogens is 168 g/mol. The minimum Gasteiger partial charge on any atom is -0.0654 e.